The topological polar surface area (TPSA) is 108 Å². The van der Waals surface area contributed by atoms with Crippen molar-refractivity contribution in [2.24, 2.45) is 0 Å². The van der Waals surface area contributed by atoms with Gasteiger partial charge < -0.3 is 18.9 Å². The Balaban J connectivity index is 4.32. The summed E-state index contributed by atoms with van der Waals surface area (Å²) in [6.07, 6.45) is 46.1. The van der Waals surface area contributed by atoms with Gasteiger partial charge in [0, 0.05) is 12.8 Å². The highest BCUT2D eigenvalue weighted by Gasteiger charge is 2.27. The summed E-state index contributed by atoms with van der Waals surface area (Å²) < 4.78 is 34.4. The summed E-state index contributed by atoms with van der Waals surface area (Å²) in [5.41, 5.74) is 0. The van der Waals surface area contributed by atoms with Gasteiger partial charge >= 0.3 is 19.8 Å². The maximum atomic E-state index is 12.7. The van der Waals surface area contributed by atoms with Crippen LogP contribution in [0.1, 0.15) is 206 Å². The number of quaternary nitrogens is 1. The second kappa shape index (κ2) is 40.6. The van der Waals surface area contributed by atoms with Crippen molar-refractivity contribution in [1.29, 1.82) is 0 Å². The van der Waals surface area contributed by atoms with Gasteiger partial charge in [0.05, 0.1) is 27.7 Å². The van der Waals surface area contributed by atoms with Crippen LogP contribution in [0.25, 0.3) is 0 Å². The van der Waals surface area contributed by atoms with Gasteiger partial charge in [-0.3, -0.25) is 18.6 Å². The van der Waals surface area contributed by atoms with Gasteiger partial charge in [-0.15, -0.1) is 0 Å². The van der Waals surface area contributed by atoms with E-state index in [0.717, 1.165) is 57.8 Å². The summed E-state index contributed by atoms with van der Waals surface area (Å²) in [6.45, 7) is 4.39. The van der Waals surface area contributed by atoms with Crippen LogP contribution in [0.5, 0.6) is 0 Å². The first-order chi connectivity index (χ1) is 28.0. The number of hydrogen-bond acceptors (Lipinski definition) is 7. The number of hydrogen-bond donors (Lipinski definition) is 1. The molecule has 0 bridgehead atoms. The predicted octanol–water partition coefficient (Wildman–Crippen LogP) is 13.7. The number of phosphoric ester groups is 1. The summed E-state index contributed by atoms with van der Waals surface area (Å²) >= 11 is 0. The van der Waals surface area contributed by atoms with Crippen LogP contribution in [-0.2, 0) is 32.7 Å². The molecule has 1 N–H and O–H groups in total. The molecule has 0 aromatic rings. The third-order valence-electron chi connectivity index (χ3n) is 10.1. The highest BCUT2D eigenvalue weighted by atomic mass is 31.2. The minimum absolute atomic E-state index is 0.0301. The molecule has 0 aromatic carbocycles. The van der Waals surface area contributed by atoms with E-state index < -0.39 is 26.5 Å². The SMILES string of the molecule is CCCCC/C=C/C/C=C/CCCCCCCCCC(=O)OC[C@H](COP(=O)(O)OCC[N+](C)(C)C)OC(=O)CCCCCCCCCCC/C=C/CCCCCC. The van der Waals surface area contributed by atoms with Crippen molar-refractivity contribution in [2.45, 2.75) is 213 Å². The quantitative estimate of drug-likeness (QED) is 0.0213. The normalized spacial score (nSPS) is 13.8. The molecular weight excluding hydrogens is 750 g/mol. The molecule has 0 fully saturated rings. The molecule has 340 valence electrons. The third kappa shape index (κ3) is 43.8. The van der Waals surface area contributed by atoms with Gasteiger partial charge in [0.25, 0.3) is 0 Å². The van der Waals surface area contributed by atoms with Crippen molar-refractivity contribution in [3.63, 3.8) is 0 Å². The maximum Gasteiger partial charge on any atom is 0.472 e. The molecule has 0 amide bonds. The molecule has 0 rings (SSSR count). The van der Waals surface area contributed by atoms with E-state index in [1.807, 2.05) is 21.1 Å². The lowest BCUT2D eigenvalue weighted by Gasteiger charge is -2.24. The minimum atomic E-state index is -4.38. The molecule has 0 saturated heterocycles. The summed E-state index contributed by atoms with van der Waals surface area (Å²) in [4.78, 5) is 35.4. The monoisotopic (exact) mass is 841 g/mol. The summed E-state index contributed by atoms with van der Waals surface area (Å²) in [5.74, 6) is -0.806. The van der Waals surface area contributed by atoms with Crippen molar-refractivity contribution in [1.82, 2.24) is 0 Å². The molecule has 0 radical (unpaired) electrons. The number of nitrogens with zero attached hydrogens (tertiary/aromatic N) is 1. The Labute approximate surface area is 357 Å². The van der Waals surface area contributed by atoms with Gasteiger partial charge in [-0.1, -0.05) is 159 Å². The number of phosphoric acid groups is 1. The van der Waals surface area contributed by atoms with Crippen molar-refractivity contribution >= 4 is 19.8 Å². The lowest BCUT2D eigenvalue weighted by Crippen LogP contribution is -2.37. The molecule has 0 aliphatic carbocycles. The first-order valence-corrected chi connectivity index (χ1v) is 25.2. The van der Waals surface area contributed by atoms with Crippen LogP contribution in [0.4, 0.5) is 0 Å². The molecule has 0 saturated carbocycles. The highest BCUT2D eigenvalue weighted by molar-refractivity contribution is 7.47. The standard InChI is InChI=1S/C48H90NO8P/c1-6-8-10-12-14-16-18-20-22-24-26-28-30-32-34-36-38-40-47(50)54-44-46(45-56-58(52,53)55-43-42-49(3,4)5)57-48(51)41-39-37-35-33-31-29-27-25-23-21-19-17-15-13-11-9-7-2/h14,16-17,19-20,22,46H,6-13,15,18,21,23-45H2,1-5H3/p+1/b16-14+,19-17+,22-20+/t46-/m1/s1. The van der Waals surface area contributed by atoms with Gasteiger partial charge in [-0.25, -0.2) is 4.57 Å². The Morgan fingerprint density at radius 1 is 0.534 bits per heavy atom. The number of carbonyl (C=O) groups excluding carboxylic acids is 2. The number of rotatable bonds is 43. The van der Waals surface area contributed by atoms with Crippen LogP contribution < -0.4 is 0 Å². The Bertz CT molecular complexity index is 1090. The van der Waals surface area contributed by atoms with Gasteiger partial charge in [0.1, 0.15) is 19.8 Å². The van der Waals surface area contributed by atoms with Crippen molar-refractivity contribution in [3.05, 3.63) is 36.5 Å². The van der Waals surface area contributed by atoms with Crippen molar-refractivity contribution in [2.75, 3.05) is 47.5 Å². The molecule has 0 aliphatic heterocycles. The number of ether oxygens (including phenoxy) is 2. The van der Waals surface area contributed by atoms with Gasteiger partial charge in [-0.05, 0) is 70.6 Å². The zero-order chi connectivity index (χ0) is 42.8. The van der Waals surface area contributed by atoms with E-state index in [4.69, 9.17) is 18.5 Å². The number of carbonyl (C=O) groups is 2. The van der Waals surface area contributed by atoms with Crippen LogP contribution in [0.3, 0.4) is 0 Å². The van der Waals surface area contributed by atoms with Crippen LogP contribution >= 0.6 is 7.82 Å². The first-order valence-electron chi connectivity index (χ1n) is 23.7. The van der Waals surface area contributed by atoms with Gasteiger partial charge in [-0.2, -0.15) is 0 Å². The van der Waals surface area contributed by atoms with Crippen LogP contribution in [0, 0.1) is 0 Å². The second-order valence-electron chi connectivity index (χ2n) is 17.1. The van der Waals surface area contributed by atoms with E-state index in [1.54, 1.807) is 0 Å². The lowest BCUT2D eigenvalue weighted by atomic mass is 10.1. The molecule has 1 unspecified atom stereocenters. The predicted molar refractivity (Wildman–Crippen MR) is 243 cm³/mol. The fraction of sp³-hybridized carbons (Fsp3) is 0.833. The Kier molecular flexibility index (Phi) is 39.4. The van der Waals surface area contributed by atoms with E-state index in [2.05, 4.69) is 50.3 Å². The third-order valence-corrected chi connectivity index (χ3v) is 11.1. The first kappa shape index (κ1) is 56.2. The molecule has 10 heteroatoms. The van der Waals surface area contributed by atoms with Gasteiger partial charge in [0.15, 0.2) is 6.10 Å². The zero-order valence-electron chi connectivity index (χ0n) is 38.3. The number of esters is 2. The fourth-order valence-corrected chi connectivity index (χ4v) is 7.13. The molecular formula is C48H91NO8P+. The molecule has 0 heterocycles. The molecule has 58 heavy (non-hydrogen) atoms. The van der Waals surface area contributed by atoms with E-state index >= 15 is 0 Å². The van der Waals surface area contributed by atoms with Gasteiger partial charge in [0.2, 0.25) is 0 Å². The highest BCUT2D eigenvalue weighted by Crippen LogP contribution is 2.43. The van der Waals surface area contributed by atoms with Crippen molar-refractivity contribution < 1.29 is 42.1 Å². The zero-order valence-corrected chi connectivity index (χ0v) is 39.2. The summed E-state index contributed by atoms with van der Waals surface area (Å²) in [7, 11) is 1.47. The Morgan fingerprint density at radius 3 is 1.41 bits per heavy atom. The molecule has 0 spiro atoms. The van der Waals surface area contributed by atoms with Crippen LogP contribution in [0.2, 0.25) is 0 Å². The smallest absolute Gasteiger partial charge is 0.462 e. The average molecular weight is 841 g/mol. The van der Waals surface area contributed by atoms with E-state index in [9.17, 15) is 19.0 Å². The molecule has 9 nitrogen and oxygen atoms in total. The minimum Gasteiger partial charge on any atom is -0.462 e. The largest absolute Gasteiger partial charge is 0.472 e. The average Bonchev–Trinajstić information content (AvgIpc) is 3.17. The number of likely N-dealkylation sites (N-methyl/N-ethyl adjacent to an activating group) is 1. The molecule has 2 atom stereocenters. The molecule has 0 aromatic heterocycles. The van der Waals surface area contributed by atoms with Crippen molar-refractivity contribution in [3.8, 4) is 0 Å². The van der Waals surface area contributed by atoms with Crippen LogP contribution in [0.15, 0.2) is 36.5 Å². The summed E-state index contributed by atoms with van der Waals surface area (Å²) in [6, 6.07) is 0. The van der Waals surface area contributed by atoms with E-state index in [0.29, 0.717) is 17.4 Å². The second-order valence-corrected chi connectivity index (χ2v) is 18.6. The van der Waals surface area contributed by atoms with E-state index in [1.165, 1.54) is 116 Å². The molecule has 0 aliphatic rings. The van der Waals surface area contributed by atoms with E-state index in [-0.39, 0.29) is 32.0 Å². The Hall–Kier alpha value is -1.77. The Morgan fingerprint density at radius 2 is 0.931 bits per heavy atom. The maximum absolute atomic E-state index is 12.7. The number of unbranched alkanes of at least 4 members (excludes halogenated alkanes) is 23. The van der Waals surface area contributed by atoms with Crippen LogP contribution in [-0.4, -0.2) is 74.9 Å². The lowest BCUT2D eigenvalue weighted by molar-refractivity contribution is -0.870. The summed E-state index contributed by atoms with van der Waals surface area (Å²) in [5, 5.41) is 0. The fourth-order valence-electron chi connectivity index (χ4n) is 6.39. The number of allylic oxidation sites excluding steroid dienone is 6.